The van der Waals surface area contributed by atoms with Crippen LogP contribution in [0.15, 0.2) is 22.3 Å². The number of allylic oxidation sites excluding steroid dienone is 1. The summed E-state index contributed by atoms with van der Waals surface area (Å²) >= 11 is 0. The maximum atomic E-state index is 3.98. The molecule has 0 heterocycles. The van der Waals surface area contributed by atoms with Crippen molar-refractivity contribution in [1.82, 2.24) is 0 Å². The fourth-order valence-electron chi connectivity index (χ4n) is 0.549. The highest BCUT2D eigenvalue weighted by Crippen LogP contribution is 1.98. The second-order valence-electron chi connectivity index (χ2n) is 2.72. The zero-order chi connectivity index (χ0) is 8.53. The normalized spacial score (nSPS) is 13.1. The Morgan fingerprint density at radius 3 is 2.55 bits per heavy atom. The fourth-order valence-corrected chi connectivity index (χ4v) is 0.549. The number of rotatable bonds is 4. The molecule has 0 N–H and O–H groups in total. The minimum absolute atomic E-state index is 0.710. The van der Waals surface area contributed by atoms with Crippen molar-refractivity contribution in [3.63, 3.8) is 0 Å². The van der Waals surface area contributed by atoms with E-state index in [0.29, 0.717) is 5.92 Å². The van der Waals surface area contributed by atoms with Crippen LogP contribution in [0.2, 0.25) is 0 Å². The zero-order valence-corrected chi connectivity index (χ0v) is 7.49. The quantitative estimate of drug-likeness (QED) is 0.552. The first kappa shape index (κ1) is 10.1. The SMILES string of the molecule is CN=CC=N/C=C\CC(C)C. The van der Waals surface area contributed by atoms with Crippen LogP contribution in [0, 0.1) is 5.92 Å². The lowest BCUT2D eigenvalue weighted by Crippen LogP contribution is -1.80. The van der Waals surface area contributed by atoms with Crippen molar-refractivity contribution in [2.75, 3.05) is 7.05 Å². The molecule has 0 rings (SSSR count). The molecule has 0 radical (unpaired) electrons. The number of nitrogens with zero attached hydrogens (tertiary/aromatic N) is 2. The van der Waals surface area contributed by atoms with Gasteiger partial charge in [0.2, 0.25) is 0 Å². The van der Waals surface area contributed by atoms with Crippen LogP contribution in [0.5, 0.6) is 0 Å². The summed E-state index contributed by atoms with van der Waals surface area (Å²) in [5.74, 6) is 0.710. The predicted octanol–water partition coefficient (Wildman–Crippen LogP) is 2.32. The molecule has 0 aromatic rings. The smallest absolute Gasteiger partial charge is 0.0446 e. The first-order valence-electron chi connectivity index (χ1n) is 3.86. The van der Waals surface area contributed by atoms with Gasteiger partial charge in [-0.05, 0) is 12.3 Å². The van der Waals surface area contributed by atoms with Crippen LogP contribution >= 0.6 is 0 Å². The lowest BCUT2D eigenvalue weighted by molar-refractivity contribution is 0.663. The molecule has 0 spiro atoms. The zero-order valence-electron chi connectivity index (χ0n) is 7.49. The van der Waals surface area contributed by atoms with Crippen LogP contribution in [-0.4, -0.2) is 19.5 Å². The van der Waals surface area contributed by atoms with E-state index in [1.165, 1.54) is 0 Å². The molecule has 0 aromatic heterocycles. The Morgan fingerprint density at radius 2 is 2.00 bits per heavy atom. The minimum Gasteiger partial charge on any atom is -0.295 e. The summed E-state index contributed by atoms with van der Waals surface area (Å²) in [5.41, 5.74) is 0. The van der Waals surface area contributed by atoms with Crippen molar-refractivity contribution < 1.29 is 0 Å². The Balaban J connectivity index is 3.44. The number of hydrogen-bond donors (Lipinski definition) is 0. The van der Waals surface area contributed by atoms with E-state index >= 15 is 0 Å². The Bertz CT molecular complexity index is 155. The van der Waals surface area contributed by atoms with Gasteiger partial charge >= 0.3 is 0 Å². The Hall–Kier alpha value is -0.920. The van der Waals surface area contributed by atoms with Crippen LogP contribution in [-0.2, 0) is 0 Å². The van der Waals surface area contributed by atoms with Gasteiger partial charge in [0.05, 0.1) is 0 Å². The molecule has 62 valence electrons. The molecule has 0 amide bonds. The predicted molar refractivity (Wildman–Crippen MR) is 51.5 cm³/mol. The second kappa shape index (κ2) is 7.19. The lowest BCUT2D eigenvalue weighted by atomic mass is 10.1. The lowest BCUT2D eigenvalue weighted by Gasteiger charge is -1.93. The molecular weight excluding hydrogens is 136 g/mol. The standard InChI is InChI=1S/C9H16N2/c1-9(2)5-4-6-11-8-7-10-3/h4,6-9H,5H2,1-3H3/b6-4-,10-7?,11-8?. The molecule has 0 unspecified atom stereocenters. The summed E-state index contributed by atoms with van der Waals surface area (Å²) < 4.78 is 0. The third-order valence-electron chi connectivity index (χ3n) is 1.10. The van der Waals surface area contributed by atoms with Gasteiger partial charge in [0.15, 0.2) is 0 Å². The molecule has 11 heavy (non-hydrogen) atoms. The monoisotopic (exact) mass is 152 g/mol. The van der Waals surface area contributed by atoms with E-state index in [1.54, 1.807) is 19.5 Å². The fraction of sp³-hybridized carbons (Fsp3) is 0.556. The van der Waals surface area contributed by atoms with E-state index in [9.17, 15) is 0 Å². The maximum absolute atomic E-state index is 3.98. The molecular formula is C9H16N2. The summed E-state index contributed by atoms with van der Waals surface area (Å²) in [6.45, 7) is 4.36. The molecule has 0 saturated carbocycles. The molecule has 0 bridgehead atoms. The van der Waals surface area contributed by atoms with Crippen LogP contribution in [0.4, 0.5) is 0 Å². The molecule has 0 fully saturated rings. The van der Waals surface area contributed by atoms with Gasteiger partial charge in [0.25, 0.3) is 0 Å². The van der Waals surface area contributed by atoms with Gasteiger partial charge < -0.3 is 0 Å². The van der Waals surface area contributed by atoms with Crippen molar-refractivity contribution in [2.24, 2.45) is 15.9 Å². The van der Waals surface area contributed by atoms with Crippen molar-refractivity contribution in [2.45, 2.75) is 20.3 Å². The minimum atomic E-state index is 0.710. The third kappa shape index (κ3) is 9.08. The molecule has 2 heteroatoms. The molecule has 0 aliphatic carbocycles. The Labute approximate surface area is 68.8 Å². The molecule has 2 nitrogen and oxygen atoms in total. The van der Waals surface area contributed by atoms with E-state index in [-0.39, 0.29) is 0 Å². The number of hydrogen-bond acceptors (Lipinski definition) is 2. The van der Waals surface area contributed by atoms with Gasteiger partial charge in [0.1, 0.15) is 0 Å². The van der Waals surface area contributed by atoms with Crippen LogP contribution in [0.25, 0.3) is 0 Å². The summed E-state index contributed by atoms with van der Waals surface area (Å²) in [6, 6.07) is 0. The maximum Gasteiger partial charge on any atom is 0.0446 e. The van der Waals surface area contributed by atoms with Gasteiger partial charge in [-0.15, -0.1) is 0 Å². The molecule has 0 aliphatic rings. The average molecular weight is 152 g/mol. The van der Waals surface area contributed by atoms with Crippen molar-refractivity contribution in [3.8, 4) is 0 Å². The van der Waals surface area contributed by atoms with E-state index in [1.807, 2.05) is 6.20 Å². The molecule has 0 aromatic carbocycles. The summed E-state index contributed by atoms with van der Waals surface area (Å²) in [5, 5.41) is 0. The van der Waals surface area contributed by atoms with E-state index in [4.69, 9.17) is 0 Å². The summed E-state index contributed by atoms with van der Waals surface area (Å²) in [4.78, 5) is 7.74. The van der Waals surface area contributed by atoms with Gasteiger partial charge in [-0.1, -0.05) is 19.9 Å². The first-order valence-corrected chi connectivity index (χ1v) is 3.86. The largest absolute Gasteiger partial charge is 0.295 e. The topological polar surface area (TPSA) is 24.7 Å². The van der Waals surface area contributed by atoms with Gasteiger partial charge in [-0.2, -0.15) is 0 Å². The van der Waals surface area contributed by atoms with Gasteiger partial charge in [-0.25, -0.2) is 0 Å². The number of aliphatic imine (C=N–C) groups is 2. The second-order valence-corrected chi connectivity index (χ2v) is 2.72. The van der Waals surface area contributed by atoms with Crippen molar-refractivity contribution in [1.29, 1.82) is 0 Å². The van der Waals surface area contributed by atoms with Crippen LogP contribution in [0.1, 0.15) is 20.3 Å². The van der Waals surface area contributed by atoms with Crippen LogP contribution in [0.3, 0.4) is 0 Å². The summed E-state index contributed by atoms with van der Waals surface area (Å²) in [7, 11) is 1.73. The molecule has 0 saturated heterocycles. The Kier molecular flexibility index (Phi) is 6.59. The van der Waals surface area contributed by atoms with Crippen LogP contribution < -0.4 is 0 Å². The molecule has 0 aliphatic heterocycles. The van der Waals surface area contributed by atoms with Crippen molar-refractivity contribution >= 4 is 12.4 Å². The van der Waals surface area contributed by atoms with E-state index in [0.717, 1.165) is 6.42 Å². The van der Waals surface area contributed by atoms with E-state index < -0.39 is 0 Å². The van der Waals surface area contributed by atoms with Crippen molar-refractivity contribution in [3.05, 3.63) is 12.3 Å². The van der Waals surface area contributed by atoms with E-state index in [2.05, 4.69) is 29.9 Å². The molecule has 0 atom stereocenters. The highest BCUT2D eigenvalue weighted by molar-refractivity contribution is 6.16. The first-order chi connectivity index (χ1) is 5.27. The average Bonchev–Trinajstić information content (AvgIpc) is 1.96. The van der Waals surface area contributed by atoms with Gasteiger partial charge in [-0.3, -0.25) is 9.98 Å². The summed E-state index contributed by atoms with van der Waals surface area (Å²) in [6.07, 6.45) is 8.30. The highest BCUT2D eigenvalue weighted by atomic mass is 14.7. The Morgan fingerprint density at radius 1 is 1.27 bits per heavy atom. The highest BCUT2D eigenvalue weighted by Gasteiger charge is 1.84. The third-order valence-corrected chi connectivity index (χ3v) is 1.10. The van der Waals surface area contributed by atoms with Gasteiger partial charge in [0, 0.05) is 25.7 Å².